The average Bonchev–Trinajstić information content (AvgIpc) is 2.55. The summed E-state index contributed by atoms with van der Waals surface area (Å²) in [6, 6.07) is 0. The van der Waals surface area contributed by atoms with E-state index in [0.717, 1.165) is 24.2 Å². The number of likely N-dealkylation sites (tertiary alicyclic amines) is 1. The molecule has 2 aliphatic heterocycles. The second-order valence-corrected chi connectivity index (χ2v) is 8.16. The van der Waals surface area contributed by atoms with E-state index in [1.165, 1.54) is 4.90 Å². The third-order valence-corrected chi connectivity index (χ3v) is 4.76. The summed E-state index contributed by atoms with van der Waals surface area (Å²) in [5.41, 5.74) is -0.510. The first-order valence-electron chi connectivity index (χ1n) is 9.30. The molecular formula is C18H29N3O6. The number of nitrogens with zero attached hydrogens (tertiary/aromatic N) is 3. The van der Waals surface area contributed by atoms with Crippen molar-refractivity contribution in [3.8, 4) is 0 Å². The molecule has 0 aliphatic carbocycles. The lowest BCUT2D eigenvalue weighted by Crippen LogP contribution is -2.55. The maximum Gasteiger partial charge on any atom is 0.410 e. The number of carboxylic acid groups (broad SMARTS) is 1. The summed E-state index contributed by atoms with van der Waals surface area (Å²) in [4.78, 5) is 51.2. The van der Waals surface area contributed by atoms with Gasteiger partial charge in [-0.25, -0.2) is 4.79 Å². The van der Waals surface area contributed by atoms with Gasteiger partial charge in [0.05, 0.1) is 6.54 Å². The monoisotopic (exact) mass is 383 g/mol. The normalized spacial score (nSPS) is 19.4. The molecule has 3 amide bonds. The van der Waals surface area contributed by atoms with Crippen LogP contribution in [0.15, 0.2) is 0 Å². The van der Waals surface area contributed by atoms with Crippen LogP contribution in [0.3, 0.4) is 0 Å². The number of hydrogen-bond acceptors (Lipinski definition) is 5. The zero-order chi connectivity index (χ0) is 20.2. The van der Waals surface area contributed by atoms with Crippen LogP contribution < -0.4 is 0 Å². The molecule has 2 rings (SSSR count). The molecule has 0 saturated carbocycles. The molecule has 2 fully saturated rings. The number of carbonyl (C=O) groups excluding carboxylic acids is 3. The highest BCUT2D eigenvalue weighted by molar-refractivity contribution is 5.94. The third-order valence-electron chi connectivity index (χ3n) is 4.76. The van der Waals surface area contributed by atoms with E-state index in [9.17, 15) is 19.2 Å². The zero-order valence-electron chi connectivity index (χ0n) is 16.3. The van der Waals surface area contributed by atoms with Crippen LogP contribution in [0, 0.1) is 5.92 Å². The van der Waals surface area contributed by atoms with Crippen molar-refractivity contribution in [2.45, 2.75) is 45.6 Å². The molecule has 1 N–H and O–H groups in total. The quantitative estimate of drug-likeness (QED) is 0.752. The summed E-state index contributed by atoms with van der Waals surface area (Å²) in [5.74, 6) is -1.30. The van der Waals surface area contributed by atoms with Crippen LogP contribution in [-0.4, -0.2) is 88.6 Å². The molecule has 2 saturated heterocycles. The Morgan fingerprint density at radius 2 is 1.63 bits per heavy atom. The Hall–Kier alpha value is -2.32. The summed E-state index contributed by atoms with van der Waals surface area (Å²) in [5, 5.41) is 8.78. The molecular weight excluding hydrogens is 354 g/mol. The molecule has 2 aliphatic rings. The average molecular weight is 383 g/mol. The molecule has 0 spiro atoms. The van der Waals surface area contributed by atoms with E-state index in [0.29, 0.717) is 25.6 Å². The third kappa shape index (κ3) is 6.41. The zero-order valence-corrected chi connectivity index (χ0v) is 16.3. The van der Waals surface area contributed by atoms with Crippen LogP contribution in [0.5, 0.6) is 0 Å². The fourth-order valence-corrected chi connectivity index (χ4v) is 3.28. The second-order valence-electron chi connectivity index (χ2n) is 8.16. The van der Waals surface area contributed by atoms with E-state index in [1.807, 2.05) is 20.8 Å². The van der Waals surface area contributed by atoms with Crippen molar-refractivity contribution in [1.82, 2.24) is 14.7 Å². The SMILES string of the molecule is CC(C)(C)OC(=O)N1CCC(CCN2CC(=O)N(CC(=O)O)CC2=O)CC1. The van der Waals surface area contributed by atoms with Crippen molar-refractivity contribution in [3.05, 3.63) is 0 Å². The number of carboxylic acids is 1. The largest absolute Gasteiger partial charge is 0.480 e. The molecule has 152 valence electrons. The Morgan fingerprint density at radius 1 is 1.07 bits per heavy atom. The van der Waals surface area contributed by atoms with Gasteiger partial charge in [0.25, 0.3) is 0 Å². The molecule has 27 heavy (non-hydrogen) atoms. The first-order chi connectivity index (χ1) is 12.5. The Balaban J connectivity index is 1.74. The van der Waals surface area contributed by atoms with E-state index in [-0.39, 0.29) is 31.0 Å². The van der Waals surface area contributed by atoms with Crippen LogP contribution in [-0.2, 0) is 19.1 Å². The van der Waals surface area contributed by atoms with Gasteiger partial charge in [-0.3, -0.25) is 14.4 Å². The van der Waals surface area contributed by atoms with E-state index >= 15 is 0 Å². The Kier molecular flexibility index (Phi) is 6.67. The first-order valence-corrected chi connectivity index (χ1v) is 9.30. The number of piperazine rings is 1. The summed E-state index contributed by atoms with van der Waals surface area (Å²) < 4.78 is 5.38. The van der Waals surface area contributed by atoms with Crippen molar-refractivity contribution in [2.24, 2.45) is 5.92 Å². The van der Waals surface area contributed by atoms with Gasteiger partial charge in [-0.05, 0) is 46.0 Å². The minimum absolute atomic E-state index is 0.0666. The highest BCUT2D eigenvalue weighted by atomic mass is 16.6. The smallest absolute Gasteiger partial charge is 0.410 e. The van der Waals surface area contributed by atoms with Crippen LogP contribution in [0.1, 0.15) is 40.0 Å². The topological polar surface area (TPSA) is 107 Å². The van der Waals surface area contributed by atoms with Gasteiger partial charge in [-0.15, -0.1) is 0 Å². The summed E-state index contributed by atoms with van der Waals surface area (Å²) in [7, 11) is 0. The second kappa shape index (κ2) is 8.58. The molecule has 2 heterocycles. The summed E-state index contributed by atoms with van der Waals surface area (Å²) in [6.07, 6.45) is 2.14. The maximum atomic E-state index is 12.1. The Bertz CT molecular complexity index is 592. The van der Waals surface area contributed by atoms with Crippen LogP contribution in [0.25, 0.3) is 0 Å². The number of piperidine rings is 1. The minimum atomic E-state index is -1.12. The van der Waals surface area contributed by atoms with Crippen LogP contribution in [0.4, 0.5) is 4.79 Å². The van der Waals surface area contributed by atoms with Crippen molar-refractivity contribution in [2.75, 3.05) is 39.3 Å². The number of amides is 3. The number of aliphatic carboxylic acids is 1. The van der Waals surface area contributed by atoms with Gasteiger partial charge in [-0.1, -0.05) is 0 Å². The number of carbonyl (C=O) groups is 4. The van der Waals surface area contributed by atoms with Gasteiger partial charge in [0.2, 0.25) is 11.8 Å². The van der Waals surface area contributed by atoms with Crippen LogP contribution in [0.2, 0.25) is 0 Å². The first kappa shape index (κ1) is 21.0. The molecule has 9 nitrogen and oxygen atoms in total. The van der Waals surface area contributed by atoms with Crippen molar-refractivity contribution >= 4 is 23.9 Å². The van der Waals surface area contributed by atoms with E-state index in [4.69, 9.17) is 9.84 Å². The van der Waals surface area contributed by atoms with Crippen LogP contribution >= 0.6 is 0 Å². The standard InChI is InChI=1S/C18H29N3O6/c1-18(2,3)27-17(26)19-7-4-13(5-8-19)6-9-20-10-15(23)21(11-14(20)22)12-16(24)25/h13H,4-12H2,1-3H3,(H,24,25). The lowest BCUT2D eigenvalue weighted by atomic mass is 9.93. The maximum absolute atomic E-state index is 12.1. The lowest BCUT2D eigenvalue weighted by Gasteiger charge is -2.36. The summed E-state index contributed by atoms with van der Waals surface area (Å²) >= 11 is 0. The minimum Gasteiger partial charge on any atom is -0.480 e. The summed E-state index contributed by atoms with van der Waals surface area (Å²) in [6.45, 7) is 6.55. The van der Waals surface area contributed by atoms with E-state index in [2.05, 4.69) is 0 Å². The number of ether oxygens (including phenoxy) is 1. The number of hydrogen-bond donors (Lipinski definition) is 1. The fourth-order valence-electron chi connectivity index (χ4n) is 3.28. The lowest BCUT2D eigenvalue weighted by molar-refractivity contribution is -0.154. The predicted octanol–water partition coefficient (Wildman–Crippen LogP) is 0.779. The molecule has 0 aromatic rings. The van der Waals surface area contributed by atoms with Gasteiger partial charge < -0.3 is 24.5 Å². The molecule has 0 aromatic carbocycles. The van der Waals surface area contributed by atoms with Gasteiger partial charge in [0.1, 0.15) is 18.7 Å². The Labute approximate surface area is 159 Å². The highest BCUT2D eigenvalue weighted by Gasteiger charge is 2.32. The molecule has 0 radical (unpaired) electrons. The van der Waals surface area contributed by atoms with Gasteiger partial charge in [0.15, 0.2) is 0 Å². The molecule has 0 aromatic heterocycles. The van der Waals surface area contributed by atoms with Crippen molar-refractivity contribution < 1.29 is 29.0 Å². The predicted molar refractivity (Wildman–Crippen MR) is 95.9 cm³/mol. The van der Waals surface area contributed by atoms with Gasteiger partial charge >= 0.3 is 12.1 Å². The molecule has 0 atom stereocenters. The van der Waals surface area contributed by atoms with Crippen molar-refractivity contribution in [1.29, 1.82) is 0 Å². The fraction of sp³-hybridized carbons (Fsp3) is 0.778. The van der Waals surface area contributed by atoms with Gasteiger partial charge in [-0.2, -0.15) is 0 Å². The van der Waals surface area contributed by atoms with Gasteiger partial charge in [0, 0.05) is 19.6 Å². The number of rotatable bonds is 5. The molecule has 0 unspecified atom stereocenters. The molecule has 0 bridgehead atoms. The Morgan fingerprint density at radius 3 is 2.19 bits per heavy atom. The van der Waals surface area contributed by atoms with E-state index in [1.54, 1.807) is 4.90 Å². The molecule has 9 heteroatoms. The van der Waals surface area contributed by atoms with E-state index < -0.39 is 18.1 Å². The highest BCUT2D eigenvalue weighted by Crippen LogP contribution is 2.23. The van der Waals surface area contributed by atoms with Crippen molar-refractivity contribution in [3.63, 3.8) is 0 Å².